The summed E-state index contributed by atoms with van der Waals surface area (Å²) in [7, 11) is 1.94. The average molecular weight is 312 g/mol. The molecule has 1 aromatic carbocycles. The summed E-state index contributed by atoms with van der Waals surface area (Å²) in [5.41, 5.74) is 6.66. The van der Waals surface area contributed by atoms with Gasteiger partial charge in [0, 0.05) is 25.2 Å². The van der Waals surface area contributed by atoms with E-state index in [9.17, 15) is 9.59 Å². The molecule has 0 saturated heterocycles. The van der Waals surface area contributed by atoms with Gasteiger partial charge in [0.25, 0.3) is 11.8 Å². The number of hydrogen-bond donors (Lipinski definition) is 1. The minimum absolute atomic E-state index is 0. The fraction of sp³-hybridized carbons (Fsp3) is 0.467. The lowest BCUT2D eigenvalue weighted by Crippen LogP contribution is -2.46. The minimum atomic E-state index is -0.295. The van der Waals surface area contributed by atoms with Crippen LogP contribution in [-0.2, 0) is 0 Å². The number of hydrogen-bond acceptors (Lipinski definition) is 4. The molecular formula is C15H22ClN3O2. The largest absolute Gasteiger partial charge is 0.324 e. The Balaban J connectivity index is 0.00000220. The fourth-order valence-corrected chi connectivity index (χ4v) is 2.49. The molecule has 116 valence electrons. The van der Waals surface area contributed by atoms with E-state index in [1.54, 1.807) is 24.3 Å². The van der Waals surface area contributed by atoms with Crippen LogP contribution in [0.25, 0.3) is 0 Å². The van der Waals surface area contributed by atoms with Crippen LogP contribution in [0.3, 0.4) is 0 Å². The summed E-state index contributed by atoms with van der Waals surface area (Å²) in [6, 6.07) is 6.94. The third-order valence-corrected chi connectivity index (χ3v) is 3.26. The van der Waals surface area contributed by atoms with E-state index >= 15 is 0 Å². The monoisotopic (exact) mass is 311 g/mol. The van der Waals surface area contributed by atoms with Gasteiger partial charge in [0.1, 0.15) is 0 Å². The molecule has 0 atom stereocenters. The molecule has 0 unspecified atom stereocenters. The predicted molar refractivity (Wildman–Crippen MR) is 84.8 cm³/mol. The van der Waals surface area contributed by atoms with Crippen LogP contribution in [0.4, 0.5) is 0 Å². The van der Waals surface area contributed by atoms with Gasteiger partial charge >= 0.3 is 0 Å². The van der Waals surface area contributed by atoms with Crippen LogP contribution in [0.15, 0.2) is 24.3 Å². The average Bonchev–Trinajstić information content (AvgIpc) is 2.59. The zero-order valence-electron chi connectivity index (χ0n) is 12.6. The third-order valence-electron chi connectivity index (χ3n) is 3.26. The lowest BCUT2D eigenvalue weighted by molar-refractivity contribution is 0.0639. The molecule has 0 spiro atoms. The van der Waals surface area contributed by atoms with Crippen molar-refractivity contribution in [3.05, 3.63) is 35.4 Å². The second-order valence-corrected chi connectivity index (χ2v) is 6.03. The van der Waals surface area contributed by atoms with Crippen LogP contribution in [-0.4, -0.2) is 53.8 Å². The first-order chi connectivity index (χ1) is 9.29. The predicted octanol–water partition coefficient (Wildman–Crippen LogP) is 1.37. The SMILES string of the molecule is CN(CCN1C(=O)c2ccccc2C1=O)CC(C)(C)N.Cl. The van der Waals surface area contributed by atoms with Gasteiger partial charge in [-0.3, -0.25) is 14.5 Å². The van der Waals surface area contributed by atoms with Gasteiger partial charge in [-0.1, -0.05) is 12.1 Å². The Hall–Kier alpha value is -1.43. The molecule has 1 aliphatic rings. The highest BCUT2D eigenvalue weighted by molar-refractivity contribution is 6.21. The van der Waals surface area contributed by atoms with Crippen molar-refractivity contribution in [2.45, 2.75) is 19.4 Å². The van der Waals surface area contributed by atoms with Crippen LogP contribution >= 0.6 is 12.4 Å². The minimum Gasteiger partial charge on any atom is -0.324 e. The van der Waals surface area contributed by atoms with Gasteiger partial charge in [0.05, 0.1) is 11.1 Å². The van der Waals surface area contributed by atoms with Crippen molar-refractivity contribution in [2.24, 2.45) is 5.73 Å². The smallest absolute Gasteiger partial charge is 0.261 e. The second-order valence-electron chi connectivity index (χ2n) is 6.03. The number of amides is 2. The number of fused-ring (bicyclic) bond motifs is 1. The lowest BCUT2D eigenvalue weighted by Gasteiger charge is -2.27. The van der Waals surface area contributed by atoms with Crippen molar-refractivity contribution in [2.75, 3.05) is 26.7 Å². The number of nitrogens with zero attached hydrogens (tertiary/aromatic N) is 2. The number of rotatable bonds is 5. The van der Waals surface area contributed by atoms with Gasteiger partial charge in [0.2, 0.25) is 0 Å². The summed E-state index contributed by atoms with van der Waals surface area (Å²) in [6.07, 6.45) is 0. The van der Waals surface area contributed by atoms with Gasteiger partial charge in [-0.25, -0.2) is 0 Å². The van der Waals surface area contributed by atoms with E-state index in [4.69, 9.17) is 5.73 Å². The highest BCUT2D eigenvalue weighted by atomic mass is 35.5. The van der Waals surface area contributed by atoms with Gasteiger partial charge < -0.3 is 10.6 Å². The molecule has 0 aliphatic carbocycles. The van der Waals surface area contributed by atoms with Crippen LogP contribution in [0.2, 0.25) is 0 Å². The number of carbonyl (C=O) groups excluding carboxylic acids is 2. The van der Waals surface area contributed by atoms with E-state index in [2.05, 4.69) is 0 Å². The summed E-state index contributed by atoms with van der Waals surface area (Å²) in [5.74, 6) is -0.406. The molecular weight excluding hydrogens is 290 g/mol. The van der Waals surface area contributed by atoms with Crippen LogP contribution < -0.4 is 5.73 Å². The van der Waals surface area contributed by atoms with Crippen molar-refractivity contribution in [3.8, 4) is 0 Å². The number of carbonyl (C=O) groups is 2. The van der Waals surface area contributed by atoms with E-state index in [-0.39, 0.29) is 29.8 Å². The topological polar surface area (TPSA) is 66.6 Å². The third kappa shape index (κ3) is 4.03. The van der Waals surface area contributed by atoms with Gasteiger partial charge in [-0.05, 0) is 33.0 Å². The Morgan fingerprint density at radius 3 is 2.05 bits per heavy atom. The van der Waals surface area contributed by atoms with Crippen molar-refractivity contribution in [1.82, 2.24) is 9.80 Å². The number of nitrogens with two attached hydrogens (primary N) is 1. The van der Waals surface area contributed by atoms with E-state index in [0.717, 1.165) is 0 Å². The zero-order chi connectivity index (χ0) is 14.9. The lowest BCUT2D eigenvalue weighted by atomic mass is 10.1. The highest BCUT2D eigenvalue weighted by Gasteiger charge is 2.34. The molecule has 1 aromatic rings. The maximum Gasteiger partial charge on any atom is 0.261 e. The molecule has 1 heterocycles. The molecule has 1 aliphatic heterocycles. The van der Waals surface area contributed by atoms with Crippen molar-refractivity contribution in [3.63, 3.8) is 0 Å². The van der Waals surface area contributed by atoms with Crippen LogP contribution in [0, 0.1) is 0 Å². The Labute approximate surface area is 131 Å². The molecule has 2 N–H and O–H groups in total. The number of benzene rings is 1. The standard InChI is InChI=1S/C15H21N3O2.ClH/c1-15(2,16)10-17(3)8-9-18-13(19)11-6-4-5-7-12(11)14(18)20;/h4-7H,8-10,16H2,1-3H3;1H. The summed E-state index contributed by atoms with van der Waals surface area (Å²) < 4.78 is 0. The molecule has 0 saturated carbocycles. The van der Waals surface area contributed by atoms with E-state index in [1.165, 1.54) is 4.90 Å². The molecule has 0 bridgehead atoms. The quantitative estimate of drug-likeness (QED) is 0.834. The van der Waals surface area contributed by atoms with Gasteiger partial charge in [0.15, 0.2) is 0 Å². The molecule has 2 amide bonds. The summed E-state index contributed by atoms with van der Waals surface area (Å²) >= 11 is 0. The van der Waals surface area contributed by atoms with E-state index in [1.807, 2.05) is 25.8 Å². The Morgan fingerprint density at radius 2 is 1.62 bits per heavy atom. The van der Waals surface area contributed by atoms with Crippen LogP contribution in [0.5, 0.6) is 0 Å². The molecule has 21 heavy (non-hydrogen) atoms. The first-order valence-electron chi connectivity index (χ1n) is 6.72. The summed E-state index contributed by atoms with van der Waals surface area (Å²) in [4.78, 5) is 27.7. The molecule has 5 nitrogen and oxygen atoms in total. The maximum absolute atomic E-state index is 12.2. The van der Waals surface area contributed by atoms with Gasteiger partial charge in [-0.15, -0.1) is 12.4 Å². The Kier molecular flexibility index (Phi) is 5.50. The van der Waals surface area contributed by atoms with Crippen LogP contribution in [0.1, 0.15) is 34.6 Å². The van der Waals surface area contributed by atoms with Gasteiger partial charge in [-0.2, -0.15) is 0 Å². The highest BCUT2D eigenvalue weighted by Crippen LogP contribution is 2.21. The molecule has 0 aromatic heterocycles. The fourth-order valence-electron chi connectivity index (χ4n) is 2.49. The maximum atomic E-state index is 12.2. The number of imide groups is 1. The molecule has 6 heteroatoms. The molecule has 0 radical (unpaired) electrons. The second kappa shape index (κ2) is 6.56. The first-order valence-corrected chi connectivity index (χ1v) is 6.72. The first kappa shape index (κ1) is 17.6. The van der Waals surface area contributed by atoms with Crippen molar-refractivity contribution < 1.29 is 9.59 Å². The molecule has 2 rings (SSSR count). The van der Waals surface area contributed by atoms with E-state index in [0.29, 0.717) is 30.8 Å². The summed E-state index contributed by atoms with van der Waals surface area (Å²) in [6.45, 7) is 5.61. The Morgan fingerprint density at radius 1 is 1.14 bits per heavy atom. The number of halogens is 1. The van der Waals surface area contributed by atoms with E-state index < -0.39 is 0 Å². The van der Waals surface area contributed by atoms with Crippen molar-refractivity contribution >= 4 is 24.2 Å². The Bertz CT molecular complexity index is 505. The number of likely N-dealkylation sites (N-methyl/N-ethyl adjacent to an activating group) is 1. The van der Waals surface area contributed by atoms with Crippen molar-refractivity contribution in [1.29, 1.82) is 0 Å². The zero-order valence-corrected chi connectivity index (χ0v) is 13.4. The molecule has 0 fully saturated rings. The summed E-state index contributed by atoms with van der Waals surface area (Å²) in [5, 5.41) is 0. The normalized spacial score (nSPS) is 14.4.